The van der Waals surface area contributed by atoms with Crippen LogP contribution < -0.4 is 14.8 Å². The highest BCUT2D eigenvalue weighted by Gasteiger charge is 2.12. The number of rotatable bonds is 10. The van der Waals surface area contributed by atoms with Crippen LogP contribution in [-0.2, 0) is 20.9 Å². The van der Waals surface area contributed by atoms with Crippen LogP contribution in [0.5, 0.6) is 11.5 Å². The van der Waals surface area contributed by atoms with Gasteiger partial charge in [-0.2, -0.15) is 8.78 Å². The monoisotopic (exact) mass is 453 g/mol. The van der Waals surface area contributed by atoms with E-state index in [0.717, 1.165) is 11.1 Å². The van der Waals surface area contributed by atoms with Gasteiger partial charge in [0.1, 0.15) is 18.1 Å². The summed E-state index contributed by atoms with van der Waals surface area (Å²) in [7, 11) is 0. The zero-order chi connectivity index (χ0) is 23.5. The molecule has 0 unspecified atom stereocenters. The normalized spacial score (nSPS) is 10.8. The summed E-state index contributed by atoms with van der Waals surface area (Å²) >= 11 is 0. The first-order chi connectivity index (χ1) is 16.0. The van der Waals surface area contributed by atoms with Crippen LogP contribution >= 0.6 is 0 Å². The number of nitrogens with one attached hydrogen (secondary N) is 1. The summed E-state index contributed by atoms with van der Waals surface area (Å²) in [5.41, 5.74) is 1.84. The van der Waals surface area contributed by atoms with Crippen LogP contribution in [0.3, 0.4) is 0 Å². The third kappa shape index (κ3) is 8.10. The zero-order valence-corrected chi connectivity index (χ0v) is 17.4. The van der Waals surface area contributed by atoms with E-state index in [2.05, 4.69) is 10.1 Å². The van der Waals surface area contributed by atoms with Crippen molar-refractivity contribution in [3.63, 3.8) is 0 Å². The van der Waals surface area contributed by atoms with E-state index in [1.165, 1.54) is 30.4 Å². The summed E-state index contributed by atoms with van der Waals surface area (Å²) in [5, 5.41) is 2.36. The Kier molecular flexibility index (Phi) is 8.53. The predicted octanol–water partition coefficient (Wildman–Crippen LogP) is 5.06. The molecule has 0 bridgehead atoms. The molecule has 33 heavy (non-hydrogen) atoms. The van der Waals surface area contributed by atoms with E-state index in [1.54, 1.807) is 30.3 Å². The number of carbonyl (C=O) groups excluding carboxylic acids is 2. The number of esters is 1. The minimum Gasteiger partial charge on any atom is -0.489 e. The van der Waals surface area contributed by atoms with Crippen LogP contribution in [0.15, 0.2) is 84.9 Å². The molecule has 3 rings (SSSR count). The summed E-state index contributed by atoms with van der Waals surface area (Å²) in [4.78, 5) is 23.8. The lowest BCUT2D eigenvalue weighted by molar-refractivity contribution is -0.142. The first-order valence-corrected chi connectivity index (χ1v) is 9.95. The molecule has 0 aliphatic carbocycles. The second-order valence-corrected chi connectivity index (χ2v) is 6.71. The SMILES string of the molecule is O=C(COC(=O)/C=C/c1ccc(OCc2ccccc2)cc1)Nc1ccccc1OC(F)F. The highest BCUT2D eigenvalue weighted by molar-refractivity contribution is 5.95. The average molecular weight is 453 g/mol. The van der Waals surface area contributed by atoms with Gasteiger partial charge in [0.25, 0.3) is 5.91 Å². The Morgan fingerprint density at radius 1 is 0.909 bits per heavy atom. The molecular formula is C25H21F2NO5. The number of alkyl halides is 2. The highest BCUT2D eigenvalue weighted by atomic mass is 19.3. The van der Waals surface area contributed by atoms with Gasteiger partial charge in [0, 0.05) is 6.08 Å². The van der Waals surface area contributed by atoms with E-state index in [1.807, 2.05) is 30.3 Å². The largest absolute Gasteiger partial charge is 0.489 e. The molecule has 0 heterocycles. The second-order valence-electron chi connectivity index (χ2n) is 6.71. The predicted molar refractivity (Wildman–Crippen MR) is 119 cm³/mol. The molecule has 0 saturated heterocycles. The fourth-order valence-corrected chi connectivity index (χ4v) is 2.72. The van der Waals surface area contributed by atoms with Crippen molar-refractivity contribution in [1.29, 1.82) is 0 Å². The molecular weight excluding hydrogens is 432 g/mol. The smallest absolute Gasteiger partial charge is 0.387 e. The Morgan fingerprint density at radius 2 is 1.61 bits per heavy atom. The van der Waals surface area contributed by atoms with Crippen molar-refractivity contribution in [3.8, 4) is 11.5 Å². The number of benzene rings is 3. The van der Waals surface area contributed by atoms with Crippen molar-refractivity contribution in [3.05, 3.63) is 96.1 Å². The summed E-state index contributed by atoms with van der Waals surface area (Å²) in [6.45, 7) is -3.17. The first-order valence-electron chi connectivity index (χ1n) is 9.95. The van der Waals surface area contributed by atoms with Gasteiger partial charge >= 0.3 is 12.6 Å². The van der Waals surface area contributed by atoms with E-state index < -0.39 is 25.1 Å². The summed E-state index contributed by atoms with van der Waals surface area (Å²) in [5.74, 6) is -0.928. The standard InChI is InChI=1S/C25H21F2NO5/c26-25(27)33-22-9-5-4-8-21(22)28-23(29)17-32-24(30)15-12-18-10-13-20(14-11-18)31-16-19-6-2-1-3-7-19/h1-15,25H,16-17H2,(H,28,29)/b15-12+. The van der Waals surface area contributed by atoms with E-state index in [-0.39, 0.29) is 11.4 Å². The van der Waals surface area contributed by atoms with Crippen molar-refractivity contribution in [2.45, 2.75) is 13.2 Å². The molecule has 170 valence electrons. The quantitative estimate of drug-likeness (QED) is 0.343. The van der Waals surface area contributed by atoms with Gasteiger partial charge in [-0.1, -0.05) is 54.6 Å². The number of ether oxygens (including phenoxy) is 3. The maximum atomic E-state index is 12.4. The number of para-hydroxylation sites is 2. The molecule has 0 atom stereocenters. The molecule has 0 fully saturated rings. The number of hydrogen-bond donors (Lipinski definition) is 1. The Morgan fingerprint density at radius 3 is 2.33 bits per heavy atom. The summed E-state index contributed by atoms with van der Waals surface area (Å²) in [6, 6.07) is 22.6. The lowest BCUT2D eigenvalue weighted by Gasteiger charge is -2.11. The van der Waals surface area contributed by atoms with Gasteiger partial charge in [0.05, 0.1) is 5.69 Å². The van der Waals surface area contributed by atoms with Gasteiger partial charge in [0.2, 0.25) is 0 Å². The molecule has 0 saturated carbocycles. The molecule has 0 radical (unpaired) electrons. The van der Waals surface area contributed by atoms with Crippen molar-refractivity contribution in [2.24, 2.45) is 0 Å². The van der Waals surface area contributed by atoms with Gasteiger partial charge < -0.3 is 19.5 Å². The molecule has 3 aromatic rings. The topological polar surface area (TPSA) is 73.9 Å². The van der Waals surface area contributed by atoms with Crippen molar-refractivity contribution in [2.75, 3.05) is 11.9 Å². The Bertz CT molecular complexity index is 1090. The van der Waals surface area contributed by atoms with Gasteiger partial charge in [-0.15, -0.1) is 0 Å². The fraction of sp³-hybridized carbons (Fsp3) is 0.120. The van der Waals surface area contributed by atoms with Crippen LogP contribution in [0.25, 0.3) is 6.08 Å². The number of amides is 1. The van der Waals surface area contributed by atoms with E-state index in [0.29, 0.717) is 12.4 Å². The maximum Gasteiger partial charge on any atom is 0.387 e. The minimum atomic E-state index is -3.03. The van der Waals surface area contributed by atoms with Crippen LogP contribution in [0, 0.1) is 0 Å². The van der Waals surface area contributed by atoms with Gasteiger partial charge in [-0.25, -0.2) is 4.79 Å². The van der Waals surface area contributed by atoms with Crippen LogP contribution in [0.1, 0.15) is 11.1 Å². The van der Waals surface area contributed by atoms with Gasteiger partial charge in [-0.05, 0) is 41.5 Å². The van der Waals surface area contributed by atoms with E-state index >= 15 is 0 Å². The van der Waals surface area contributed by atoms with Gasteiger partial charge in [0.15, 0.2) is 6.61 Å². The third-order valence-electron chi connectivity index (χ3n) is 4.26. The van der Waals surface area contributed by atoms with E-state index in [4.69, 9.17) is 9.47 Å². The lowest BCUT2D eigenvalue weighted by Crippen LogP contribution is -2.20. The Hall–Kier alpha value is -4.20. The molecule has 6 nitrogen and oxygen atoms in total. The lowest BCUT2D eigenvalue weighted by atomic mass is 10.2. The Labute approximate surface area is 189 Å². The average Bonchev–Trinajstić information content (AvgIpc) is 2.82. The molecule has 1 N–H and O–H groups in total. The number of hydrogen-bond acceptors (Lipinski definition) is 5. The van der Waals surface area contributed by atoms with Crippen LogP contribution in [-0.4, -0.2) is 25.1 Å². The van der Waals surface area contributed by atoms with Crippen molar-refractivity contribution < 1.29 is 32.6 Å². The first kappa shape index (κ1) is 23.5. The number of halogens is 2. The summed E-state index contributed by atoms with van der Waals surface area (Å²) in [6.07, 6.45) is 2.72. The summed E-state index contributed by atoms with van der Waals surface area (Å²) < 4.78 is 39.8. The number of anilines is 1. The molecule has 0 aliphatic rings. The molecule has 1 amide bonds. The van der Waals surface area contributed by atoms with Crippen LogP contribution in [0.4, 0.5) is 14.5 Å². The third-order valence-corrected chi connectivity index (χ3v) is 4.26. The molecule has 0 aliphatic heterocycles. The van der Waals surface area contributed by atoms with Gasteiger partial charge in [-0.3, -0.25) is 4.79 Å². The zero-order valence-electron chi connectivity index (χ0n) is 17.4. The van der Waals surface area contributed by atoms with Crippen molar-refractivity contribution >= 4 is 23.6 Å². The molecule has 3 aromatic carbocycles. The minimum absolute atomic E-state index is 0.0453. The number of carbonyl (C=O) groups is 2. The molecule has 0 spiro atoms. The molecule has 8 heteroatoms. The highest BCUT2D eigenvalue weighted by Crippen LogP contribution is 2.25. The maximum absolute atomic E-state index is 12.4. The van der Waals surface area contributed by atoms with Crippen LogP contribution in [0.2, 0.25) is 0 Å². The molecule has 0 aromatic heterocycles. The van der Waals surface area contributed by atoms with Crippen molar-refractivity contribution in [1.82, 2.24) is 0 Å². The van der Waals surface area contributed by atoms with E-state index in [9.17, 15) is 18.4 Å². The Balaban J connectivity index is 1.44. The fourth-order valence-electron chi connectivity index (χ4n) is 2.72. The second kappa shape index (κ2) is 12.0.